The number of rotatable bonds is 3. The van der Waals surface area contributed by atoms with Gasteiger partial charge in [-0.2, -0.15) is 5.06 Å². The molecule has 0 N–H and O–H groups in total. The Labute approximate surface area is 85.4 Å². The summed E-state index contributed by atoms with van der Waals surface area (Å²) >= 11 is 3.09. The van der Waals surface area contributed by atoms with Crippen molar-refractivity contribution in [1.29, 1.82) is 0 Å². The molecule has 0 amide bonds. The second kappa shape index (κ2) is 4.69. The normalized spacial score (nSPS) is 10.8. The minimum absolute atomic E-state index is 0.248. The van der Waals surface area contributed by atoms with E-state index in [2.05, 4.69) is 15.9 Å². The first-order valence-corrected chi connectivity index (χ1v) is 4.62. The van der Waals surface area contributed by atoms with Gasteiger partial charge in [-0.3, -0.25) is 0 Å². The van der Waals surface area contributed by atoms with Crippen LogP contribution < -0.4 is 0 Å². The van der Waals surface area contributed by atoms with Crippen LogP contribution in [0, 0.1) is 5.82 Å². The van der Waals surface area contributed by atoms with Crippen molar-refractivity contribution in [1.82, 2.24) is 5.06 Å². The number of hydrogen-bond acceptors (Lipinski definition) is 2. The first kappa shape index (κ1) is 10.6. The fourth-order valence-electron chi connectivity index (χ4n) is 0.960. The summed E-state index contributed by atoms with van der Waals surface area (Å²) in [5, 5.41) is 1.63. The maximum atomic E-state index is 13.0. The number of benzene rings is 1. The summed E-state index contributed by atoms with van der Waals surface area (Å²) in [4.78, 5) is 4.92. The summed E-state index contributed by atoms with van der Waals surface area (Å²) in [6.07, 6.45) is 0. The molecule has 0 fully saturated rings. The molecule has 0 heterocycles. The van der Waals surface area contributed by atoms with E-state index >= 15 is 0 Å². The van der Waals surface area contributed by atoms with E-state index in [-0.39, 0.29) is 5.82 Å². The van der Waals surface area contributed by atoms with Crippen molar-refractivity contribution < 1.29 is 9.23 Å². The number of hydroxylamine groups is 2. The second-order valence-corrected chi connectivity index (χ2v) is 3.57. The van der Waals surface area contributed by atoms with E-state index in [0.717, 1.165) is 5.56 Å². The molecule has 1 aromatic carbocycles. The van der Waals surface area contributed by atoms with Crippen molar-refractivity contribution in [3.63, 3.8) is 0 Å². The molecular formula is C9H11BrFNO. The Morgan fingerprint density at radius 2 is 2.23 bits per heavy atom. The highest BCUT2D eigenvalue weighted by molar-refractivity contribution is 9.10. The van der Waals surface area contributed by atoms with Gasteiger partial charge in [0, 0.05) is 13.6 Å². The lowest BCUT2D eigenvalue weighted by molar-refractivity contribution is -0.116. The zero-order chi connectivity index (χ0) is 9.84. The Balaban J connectivity index is 2.73. The molecule has 0 saturated heterocycles. The van der Waals surface area contributed by atoms with E-state index in [9.17, 15) is 4.39 Å². The summed E-state index contributed by atoms with van der Waals surface area (Å²) in [5.41, 5.74) is 0.880. The summed E-state index contributed by atoms with van der Waals surface area (Å²) in [6, 6.07) is 5.02. The highest BCUT2D eigenvalue weighted by Crippen LogP contribution is 2.16. The lowest BCUT2D eigenvalue weighted by Crippen LogP contribution is -2.15. The van der Waals surface area contributed by atoms with Gasteiger partial charge >= 0.3 is 0 Å². The van der Waals surface area contributed by atoms with Gasteiger partial charge in [0.15, 0.2) is 0 Å². The summed E-state index contributed by atoms with van der Waals surface area (Å²) < 4.78 is 13.5. The fourth-order valence-corrected chi connectivity index (χ4v) is 1.21. The lowest BCUT2D eigenvalue weighted by atomic mass is 10.2. The molecule has 2 nitrogen and oxygen atoms in total. The van der Waals surface area contributed by atoms with E-state index in [1.807, 2.05) is 6.07 Å². The van der Waals surface area contributed by atoms with Crippen LogP contribution in [0.1, 0.15) is 5.56 Å². The lowest BCUT2D eigenvalue weighted by Gasteiger charge is -2.13. The van der Waals surface area contributed by atoms with Crippen molar-refractivity contribution in [3.05, 3.63) is 34.1 Å². The van der Waals surface area contributed by atoms with Gasteiger partial charge in [-0.15, -0.1) is 0 Å². The molecule has 0 atom stereocenters. The highest BCUT2D eigenvalue weighted by Gasteiger charge is 2.02. The molecule has 0 aliphatic heterocycles. The largest absolute Gasteiger partial charge is 0.302 e. The molecule has 13 heavy (non-hydrogen) atoms. The van der Waals surface area contributed by atoms with Gasteiger partial charge in [-0.05, 0) is 33.6 Å². The van der Waals surface area contributed by atoms with Gasteiger partial charge in [-0.25, -0.2) is 4.39 Å². The van der Waals surface area contributed by atoms with Crippen LogP contribution in [-0.2, 0) is 11.4 Å². The first-order chi connectivity index (χ1) is 6.13. The van der Waals surface area contributed by atoms with Crippen LogP contribution in [0.4, 0.5) is 4.39 Å². The van der Waals surface area contributed by atoms with Crippen molar-refractivity contribution >= 4 is 15.9 Å². The highest BCUT2D eigenvalue weighted by atomic mass is 79.9. The van der Waals surface area contributed by atoms with Crippen LogP contribution in [0.25, 0.3) is 0 Å². The third kappa shape index (κ3) is 3.06. The fraction of sp³-hybridized carbons (Fsp3) is 0.333. The molecule has 1 rings (SSSR count). The summed E-state index contributed by atoms with van der Waals surface area (Å²) in [5.74, 6) is -0.248. The molecule has 0 saturated carbocycles. The van der Waals surface area contributed by atoms with Crippen molar-refractivity contribution in [2.24, 2.45) is 0 Å². The average molecular weight is 248 g/mol. The van der Waals surface area contributed by atoms with E-state index in [4.69, 9.17) is 4.84 Å². The molecule has 1 aromatic rings. The Hall–Kier alpha value is -0.450. The molecule has 0 aromatic heterocycles. The SMILES string of the molecule is CON(C)Cc1ccc(Br)c(F)c1. The zero-order valence-electron chi connectivity index (χ0n) is 7.55. The van der Waals surface area contributed by atoms with Crippen LogP contribution >= 0.6 is 15.9 Å². The smallest absolute Gasteiger partial charge is 0.137 e. The molecule has 0 aliphatic carbocycles. The third-order valence-electron chi connectivity index (χ3n) is 1.70. The van der Waals surface area contributed by atoms with Gasteiger partial charge in [-0.1, -0.05) is 6.07 Å². The van der Waals surface area contributed by atoms with Crippen LogP contribution in [-0.4, -0.2) is 19.2 Å². The van der Waals surface area contributed by atoms with E-state index < -0.39 is 0 Å². The standard InChI is InChI=1S/C9H11BrFNO/c1-12(13-2)6-7-3-4-8(10)9(11)5-7/h3-5H,6H2,1-2H3. The van der Waals surface area contributed by atoms with Gasteiger partial charge in [0.05, 0.1) is 11.6 Å². The average Bonchev–Trinajstić information content (AvgIpc) is 2.11. The summed E-state index contributed by atoms with van der Waals surface area (Å²) in [7, 11) is 3.37. The minimum atomic E-state index is -0.248. The number of hydrogen-bond donors (Lipinski definition) is 0. The predicted octanol–water partition coefficient (Wildman–Crippen LogP) is 2.58. The van der Waals surface area contributed by atoms with E-state index in [0.29, 0.717) is 11.0 Å². The van der Waals surface area contributed by atoms with Crippen LogP contribution in [0.15, 0.2) is 22.7 Å². The number of halogens is 2. The van der Waals surface area contributed by atoms with Crippen molar-refractivity contribution in [3.8, 4) is 0 Å². The number of nitrogens with zero attached hydrogens (tertiary/aromatic N) is 1. The first-order valence-electron chi connectivity index (χ1n) is 3.82. The van der Waals surface area contributed by atoms with Gasteiger partial charge < -0.3 is 4.84 Å². The van der Waals surface area contributed by atoms with Gasteiger partial charge in [0.2, 0.25) is 0 Å². The molecular weight excluding hydrogens is 237 g/mol. The molecule has 0 bridgehead atoms. The monoisotopic (exact) mass is 247 g/mol. The zero-order valence-corrected chi connectivity index (χ0v) is 9.14. The predicted molar refractivity (Wildman–Crippen MR) is 52.6 cm³/mol. The Bertz CT molecular complexity index is 293. The van der Waals surface area contributed by atoms with E-state index in [1.54, 1.807) is 25.3 Å². The Kier molecular flexibility index (Phi) is 3.84. The molecule has 0 spiro atoms. The van der Waals surface area contributed by atoms with Crippen LogP contribution in [0.5, 0.6) is 0 Å². The Morgan fingerprint density at radius 1 is 1.54 bits per heavy atom. The van der Waals surface area contributed by atoms with Crippen LogP contribution in [0.2, 0.25) is 0 Å². The van der Waals surface area contributed by atoms with Crippen molar-refractivity contribution in [2.75, 3.05) is 14.2 Å². The molecule has 0 unspecified atom stereocenters. The van der Waals surface area contributed by atoms with Crippen LogP contribution in [0.3, 0.4) is 0 Å². The maximum Gasteiger partial charge on any atom is 0.137 e. The van der Waals surface area contributed by atoms with Gasteiger partial charge in [0.25, 0.3) is 0 Å². The van der Waals surface area contributed by atoms with E-state index in [1.165, 1.54) is 6.07 Å². The molecule has 0 aliphatic rings. The quantitative estimate of drug-likeness (QED) is 0.762. The maximum absolute atomic E-state index is 13.0. The van der Waals surface area contributed by atoms with Crippen molar-refractivity contribution in [2.45, 2.75) is 6.54 Å². The molecule has 0 radical (unpaired) electrons. The topological polar surface area (TPSA) is 12.5 Å². The Morgan fingerprint density at radius 3 is 2.77 bits per heavy atom. The molecule has 72 valence electrons. The minimum Gasteiger partial charge on any atom is -0.302 e. The second-order valence-electron chi connectivity index (χ2n) is 2.72. The molecule has 4 heteroatoms. The van der Waals surface area contributed by atoms with Gasteiger partial charge in [0.1, 0.15) is 5.82 Å². The summed E-state index contributed by atoms with van der Waals surface area (Å²) in [6.45, 7) is 0.570. The third-order valence-corrected chi connectivity index (χ3v) is 2.34.